The van der Waals surface area contributed by atoms with Crippen LogP contribution in [0.4, 0.5) is 0 Å². The summed E-state index contributed by atoms with van der Waals surface area (Å²) in [6, 6.07) is 16.6. The highest BCUT2D eigenvalue weighted by molar-refractivity contribution is 5.93. The number of esters is 4. The first-order valence-corrected chi connectivity index (χ1v) is 11.2. The first-order chi connectivity index (χ1) is 18.3. The Labute approximate surface area is 218 Å². The summed E-state index contributed by atoms with van der Waals surface area (Å²) in [4.78, 5) is 47.3. The van der Waals surface area contributed by atoms with Crippen LogP contribution in [-0.2, 0) is 20.7 Å². The van der Waals surface area contributed by atoms with Crippen LogP contribution in [-0.4, -0.2) is 36.7 Å². The first-order valence-electron chi connectivity index (χ1n) is 11.2. The van der Waals surface area contributed by atoms with E-state index in [0.717, 1.165) is 23.9 Å². The summed E-state index contributed by atoms with van der Waals surface area (Å²) < 4.78 is 20.7. The molecule has 38 heavy (non-hydrogen) atoms. The summed E-state index contributed by atoms with van der Waals surface area (Å²) >= 11 is 0. The molecule has 0 atom stereocenters. The van der Waals surface area contributed by atoms with Crippen molar-refractivity contribution in [1.29, 1.82) is 5.41 Å². The predicted molar refractivity (Wildman–Crippen MR) is 138 cm³/mol. The van der Waals surface area contributed by atoms with Gasteiger partial charge in [-0.05, 0) is 66.2 Å². The molecule has 0 heterocycles. The summed E-state index contributed by atoms with van der Waals surface area (Å²) in [5, 5.41) is 7.68. The second-order valence-corrected chi connectivity index (χ2v) is 7.59. The van der Waals surface area contributed by atoms with Crippen LogP contribution in [0.15, 0.2) is 92.0 Å². The SMILES string of the molecule is C=CC(=O)Oc1ccc(C(=O)OCCc2ccc(OC(=O)c3ccc(OC(=O)C=C)cc3)c(C=N)c2)cc1. The molecule has 9 nitrogen and oxygen atoms in total. The molecular formula is C29H23NO8. The smallest absolute Gasteiger partial charge is 0.343 e. The Balaban J connectivity index is 1.55. The van der Waals surface area contributed by atoms with E-state index >= 15 is 0 Å². The molecule has 192 valence electrons. The monoisotopic (exact) mass is 513 g/mol. The molecule has 0 unspecified atom stereocenters. The first kappa shape index (κ1) is 27.3. The maximum absolute atomic E-state index is 12.5. The molecule has 3 aromatic rings. The Kier molecular flexibility index (Phi) is 9.42. The number of carbonyl (C=O) groups excluding carboxylic acids is 4. The molecule has 0 fully saturated rings. The number of ether oxygens (including phenoxy) is 4. The van der Waals surface area contributed by atoms with Gasteiger partial charge in [-0.25, -0.2) is 19.2 Å². The molecule has 0 saturated carbocycles. The minimum absolute atomic E-state index is 0.0748. The fourth-order valence-electron chi connectivity index (χ4n) is 3.10. The maximum Gasteiger partial charge on any atom is 0.343 e. The normalized spacial score (nSPS) is 10.0. The van der Waals surface area contributed by atoms with E-state index in [2.05, 4.69) is 13.2 Å². The van der Waals surface area contributed by atoms with E-state index < -0.39 is 23.9 Å². The molecule has 0 spiro atoms. The van der Waals surface area contributed by atoms with Crippen molar-refractivity contribution in [2.75, 3.05) is 6.61 Å². The second-order valence-electron chi connectivity index (χ2n) is 7.59. The fourth-order valence-corrected chi connectivity index (χ4v) is 3.10. The summed E-state index contributed by atoms with van der Waals surface area (Å²) in [6.45, 7) is 6.71. The van der Waals surface area contributed by atoms with Crippen molar-refractivity contribution in [3.05, 3.63) is 114 Å². The third kappa shape index (κ3) is 7.59. The van der Waals surface area contributed by atoms with Gasteiger partial charge in [0, 0.05) is 30.4 Å². The molecule has 0 amide bonds. The van der Waals surface area contributed by atoms with E-state index in [1.807, 2.05) is 0 Å². The van der Waals surface area contributed by atoms with Gasteiger partial charge in [-0.2, -0.15) is 0 Å². The lowest BCUT2D eigenvalue weighted by molar-refractivity contribution is -0.129. The van der Waals surface area contributed by atoms with E-state index in [0.29, 0.717) is 12.0 Å². The number of hydrogen-bond acceptors (Lipinski definition) is 9. The van der Waals surface area contributed by atoms with Crippen molar-refractivity contribution >= 4 is 30.1 Å². The van der Waals surface area contributed by atoms with Crippen molar-refractivity contribution < 1.29 is 38.1 Å². The van der Waals surface area contributed by atoms with Crippen LogP contribution >= 0.6 is 0 Å². The molecule has 3 rings (SSSR count). The topological polar surface area (TPSA) is 129 Å². The lowest BCUT2D eigenvalue weighted by atomic mass is 10.1. The van der Waals surface area contributed by atoms with Gasteiger partial charge in [-0.1, -0.05) is 19.2 Å². The Bertz CT molecular complexity index is 1370. The van der Waals surface area contributed by atoms with Gasteiger partial charge in [0.25, 0.3) is 0 Å². The van der Waals surface area contributed by atoms with E-state index in [9.17, 15) is 19.2 Å². The molecule has 9 heteroatoms. The molecule has 0 aliphatic rings. The zero-order valence-electron chi connectivity index (χ0n) is 20.2. The largest absolute Gasteiger partial charge is 0.462 e. The number of rotatable bonds is 11. The van der Waals surface area contributed by atoms with Gasteiger partial charge >= 0.3 is 23.9 Å². The molecule has 0 aliphatic carbocycles. The van der Waals surface area contributed by atoms with Crippen LogP contribution < -0.4 is 14.2 Å². The Hall–Kier alpha value is -5.31. The summed E-state index contributed by atoms with van der Waals surface area (Å²) in [6.07, 6.45) is 3.48. The lowest BCUT2D eigenvalue weighted by Crippen LogP contribution is -2.11. The molecule has 0 aromatic heterocycles. The van der Waals surface area contributed by atoms with Crippen molar-refractivity contribution in [3.63, 3.8) is 0 Å². The summed E-state index contributed by atoms with van der Waals surface area (Å²) in [5.41, 5.74) is 1.64. The standard InChI is InChI=1S/C29H23NO8/c1-3-26(31)36-23-10-6-20(7-11-23)28(33)35-16-15-19-5-14-25(22(17-19)18-30)38-29(34)21-8-12-24(13-9-21)37-27(32)4-2/h3-14,17-18,30H,1-2,15-16H2. The van der Waals surface area contributed by atoms with Crippen LogP contribution in [0.5, 0.6) is 17.2 Å². The van der Waals surface area contributed by atoms with Gasteiger partial charge in [-0.15, -0.1) is 0 Å². The minimum atomic E-state index is -0.651. The molecule has 0 saturated heterocycles. The van der Waals surface area contributed by atoms with E-state index in [1.165, 1.54) is 48.5 Å². The zero-order chi connectivity index (χ0) is 27.5. The van der Waals surface area contributed by atoms with Crippen molar-refractivity contribution in [2.24, 2.45) is 0 Å². The number of nitrogens with one attached hydrogen (secondary N) is 1. The highest BCUT2D eigenvalue weighted by Gasteiger charge is 2.13. The van der Waals surface area contributed by atoms with Crippen LogP contribution in [0.1, 0.15) is 31.8 Å². The Morgan fingerprint density at radius 3 is 1.74 bits per heavy atom. The number of benzene rings is 3. The number of hydrogen-bond donors (Lipinski definition) is 1. The lowest BCUT2D eigenvalue weighted by Gasteiger charge is -2.10. The van der Waals surface area contributed by atoms with Crippen LogP contribution in [0.2, 0.25) is 0 Å². The van der Waals surface area contributed by atoms with Gasteiger partial charge in [0.15, 0.2) is 0 Å². The highest BCUT2D eigenvalue weighted by Crippen LogP contribution is 2.22. The van der Waals surface area contributed by atoms with Gasteiger partial charge in [0.1, 0.15) is 17.2 Å². The van der Waals surface area contributed by atoms with Crippen LogP contribution in [0, 0.1) is 5.41 Å². The van der Waals surface area contributed by atoms with Crippen molar-refractivity contribution in [2.45, 2.75) is 6.42 Å². The maximum atomic E-state index is 12.5. The summed E-state index contributed by atoms with van der Waals surface area (Å²) in [7, 11) is 0. The molecular weight excluding hydrogens is 490 g/mol. The Morgan fingerprint density at radius 2 is 1.24 bits per heavy atom. The van der Waals surface area contributed by atoms with Crippen molar-refractivity contribution in [1.82, 2.24) is 0 Å². The fraction of sp³-hybridized carbons (Fsp3) is 0.0690. The van der Waals surface area contributed by atoms with Gasteiger partial charge < -0.3 is 24.4 Å². The predicted octanol–water partition coefficient (Wildman–Crippen LogP) is 4.49. The number of carbonyl (C=O) groups is 4. The highest BCUT2D eigenvalue weighted by atomic mass is 16.5. The zero-order valence-corrected chi connectivity index (χ0v) is 20.2. The van der Waals surface area contributed by atoms with Crippen LogP contribution in [0.25, 0.3) is 0 Å². The average Bonchev–Trinajstić information content (AvgIpc) is 2.94. The van der Waals surface area contributed by atoms with Crippen LogP contribution in [0.3, 0.4) is 0 Å². The minimum Gasteiger partial charge on any atom is -0.462 e. The van der Waals surface area contributed by atoms with Crippen molar-refractivity contribution in [3.8, 4) is 17.2 Å². The summed E-state index contributed by atoms with van der Waals surface area (Å²) in [5.74, 6) is -1.71. The Morgan fingerprint density at radius 1 is 0.711 bits per heavy atom. The van der Waals surface area contributed by atoms with Gasteiger partial charge in [0.2, 0.25) is 0 Å². The second kappa shape index (κ2) is 13.1. The van der Waals surface area contributed by atoms with Gasteiger partial charge in [0.05, 0.1) is 17.7 Å². The molecule has 0 radical (unpaired) electrons. The third-order valence-corrected chi connectivity index (χ3v) is 5.01. The van der Waals surface area contributed by atoms with Gasteiger partial charge in [-0.3, -0.25) is 0 Å². The molecule has 1 N–H and O–H groups in total. The van der Waals surface area contributed by atoms with E-state index in [1.54, 1.807) is 18.2 Å². The quantitative estimate of drug-likeness (QED) is 0.172. The third-order valence-electron chi connectivity index (χ3n) is 5.01. The molecule has 0 bridgehead atoms. The molecule has 0 aliphatic heterocycles. The van der Waals surface area contributed by atoms with E-state index in [-0.39, 0.29) is 35.0 Å². The average molecular weight is 514 g/mol. The molecule has 3 aromatic carbocycles. The van der Waals surface area contributed by atoms with E-state index in [4.69, 9.17) is 24.4 Å².